The molecule has 20 heteroatoms. The van der Waals surface area contributed by atoms with E-state index in [-0.39, 0.29) is 22.3 Å². The van der Waals surface area contributed by atoms with Crippen LogP contribution in [0.15, 0.2) is 48.5 Å². The van der Waals surface area contributed by atoms with Crippen molar-refractivity contribution in [1.82, 2.24) is 19.9 Å². The number of nitrogens with one attached hydrogen (secondary N) is 2. The van der Waals surface area contributed by atoms with Gasteiger partial charge in [0.2, 0.25) is 17.5 Å². The molecule has 5 nitrogen and oxygen atoms in total. The average Bonchev–Trinajstić information content (AvgIpc) is 4.16. The molecule has 0 saturated heterocycles. The average molecular weight is 929 g/mol. The number of nitrogens with zero attached hydrogens (tertiary/aromatic N) is 2. The number of rotatable bonds is 5. The molecule has 0 fully saturated rings. The number of aliphatic hydroxyl groups is 1. The molecule has 0 unspecified atom stereocenters. The topological polar surface area (TPSA) is 77.6 Å². The molecule has 7 aromatic rings. The largest absolute Gasteiger partial charge is 0.389 e. The monoisotopic (exact) mass is 928 g/mol. The van der Waals surface area contributed by atoms with Crippen molar-refractivity contribution in [3.05, 3.63) is 164 Å². The predicted octanol–water partition coefficient (Wildman–Crippen LogP) is 13.5. The molecule has 3 N–H and O–H groups in total. The van der Waals surface area contributed by atoms with Crippen molar-refractivity contribution in [3.8, 4) is 44.5 Å². The second kappa shape index (κ2) is 15.8. The van der Waals surface area contributed by atoms with Gasteiger partial charge in [-0.2, -0.15) is 0 Å². The Labute approximate surface area is 358 Å². The Morgan fingerprint density at radius 3 is 0.848 bits per heavy atom. The van der Waals surface area contributed by atoms with Crippen LogP contribution in [0.4, 0.5) is 65.9 Å². The van der Waals surface area contributed by atoms with Crippen LogP contribution in [-0.4, -0.2) is 25.0 Å². The fourth-order valence-electron chi connectivity index (χ4n) is 7.70. The van der Waals surface area contributed by atoms with Crippen LogP contribution in [0.2, 0.25) is 0 Å². The van der Waals surface area contributed by atoms with E-state index >= 15 is 26.3 Å². The third-order valence-electron chi connectivity index (χ3n) is 10.8. The van der Waals surface area contributed by atoms with Crippen molar-refractivity contribution in [3.63, 3.8) is 0 Å². The third kappa shape index (κ3) is 6.56. The highest BCUT2D eigenvalue weighted by Crippen LogP contribution is 2.43. The molecule has 2 aliphatic rings. The summed E-state index contributed by atoms with van der Waals surface area (Å²) in [6.07, 6.45) is 2.86. The maximum absolute atomic E-state index is 15.9. The number of aliphatic hydroxyl groups excluding tert-OH is 1. The summed E-state index contributed by atoms with van der Waals surface area (Å²) in [6.45, 7) is 1.45. The molecule has 0 saturated carbocycles. The molecule has 8 bridgehead atoms. The van der Waals surface area contributed by atoms with Crippen molar-refractivity contribution in [2.75, 3.05) is 0 Å². The van der Waals surface area contributed by atoms with Gasteiger partial charge >= 0.3 is 0 Å². The standard InChI is InChI=1S/C46H19F15N4O/c1-14(66)15-2-4-16(5-3-15)25-17-6-8-19(62-17)26(29-32(47)38(53)44(59)39(54)33(29)48)21-10-12-23(64-21)28(31-36(51)42(57)46(61)43(58)37(31)52)24-13-11-22(65-24)27(20-9-7-18(25)63-20)30-34(49)40(55)45(60)41(56)35(30)50/h2-14,62,65-66H,1H3/t14-/m1/s1. The molecular weight excluding hydrogens is 910 g/mol. The van der Waals surface area contributed by atoms with Gasteiger partial charge in [0.15, 0.2) is 69.8 Å². The molecule has 0 amide bonds. The van der Waals surface area contributed by atoms with Gasteiger partial charge in [-0.1, -0.05) is 24.3 Å². The predicted molar refractivity (Wildman–Crippen MR) is 211 cm³/mol. The third-order valence-corrected chi connectivity index (χ3v) is 10.8. The van der Waals surface area contributed by atoms with Crippen LogP contribution in [0.1, 0.15) is 41.4 Å². The van der Waals surface area contributed by atoms with Gasteiger partial charge in [-0.05, 0) is 66.6 Å². The summed E-state index contributed by atoms with van der Waals surface area (Å²) >= 11 is 0. The summed E-state index contributed by atoms with van der Waals surface area (Å²) in [4.78, 5) is 13.8. The lowest BCUT2D eigenvalue weighted by atomic mass is 10.0. The maximum atomic E-state index is 15.9. The first-order chi connectivity index (χ1) is 31.3. The summed E-state index contributed by atoms with van der Waals surface area (Å²) in [5.41, 5.74) is -11.5. The van der Waals surface area contributed by atoms with Crippen LogP contribution in [0.3, 0.4) is 0 Å². The quantitative estimate of drug-likeness (QED) is 0.0914. The Bertz CT molecular complexity index is 3370. The molecule has 0 radical (unpaired) electrons. The molecule has 4 aromatic carbocycles. The molecule has 0 aliphatic carbocycles. The van der Waals surface area contributed by atoms with Gasteiger partial charge in [-0.3, -0.25) is 0 Å². The van der Waals surface area contributed by atoms with Crippen molar-refractivity contribution in [2.45, 2.75) is 13.0 Å². The molecule has 9 rings (SSSR count). The highest BCUT2D eigenvalue weighted by molar-refractivity contribution is 6.00. The van der Waals surface area contributed by atoms with E-state index in [2.05, 4.69) is 19.9 Å². The first kappa shape index (κ1) is 43.6. The lowest BCUT2D eigenvalue weighted by Gasteiger charge is -2.11. The van der Waals surface area contributed by atoms with Crippen molar-refractivity contribution >= 4 is 46.4 Å². The number of halogens is 15. The number of hydrogen-bond donors (Lipinski definition) is 3. The zero-order valence-electron chi connectivity index (χ0n) is 32.5. The van der Waals surface area contributed by atoms with Crippen LogP contribution in [0.5, 0.6) is 0 Å². The fraction of sp³-hybridized carbons (Fsp3) is 0.0435. The van der Waals surface area contributed by atoms with Crippen LogP contribution in [-0.2, 0) is 0 Å². The van der Waals surface area contributed by atoms with E-state index in [1.54, 1.807) is 0 Å². The van der Waals surface area contributed by atoms with Crippen LogP contribution in [0, 0.1) is 87.3 Å². The smallest absolute Gasteiger partial charge is 0.200 e. The van der Waals surface area contributed by atoms with Gasteiger partial charge in [0.25, 0.3) is 0 Å². The van der Waals surface area contributed by atoms with Crippen LogP contribution >= 0.6 is 0 Å². The minimum absolute atomic E-state index is 0.00974. The Morgan fingerprint density at radius 2 is 0.576 bits per heavy atom. The lowest BCUT2D eigenvalue weighted by molar-refractivity contribution is 0.199. The van der Waals surface area contributed by atoms with Gasteiger partial charge in [0.05, 0.1) is 45.6 Å². The Kier molecular flexibility index (Phi) is 10.5. The van der Waals surface area contributed by atoms with E-state index in [1.807, 2.05) is 0 Å². The molecule has 0 spiro atoms. The summed E-state index contributed by atoms with van der Waals surface area (Å²) in [6, 6.07) is 9.79. The number of fused-ring (bicyclic) bond motifs is 8. The second-order valence-corrected chi connectivity index (χ2v) is 14.6. The minimum atomic E-state index is -2.62. The van der Waals surface area contributed by atoms with E-state index in [9.17, 15) is 44.6 Å². The van der Waals surface area contributed by atoms with Gasteiger partial charge in [-0.25, -0.2) is 75.8 Å². The molecule has 334 valence electrons. The molecule has 66 heavy (non-hydrogen) atoms. The summed E-state index contributed by atoms with van der Waals surface area (Å²) < 4.78 is 228. The van der Waals surface area contributed by atoms with E-state index < -0.39 is 160 Å². The molecular formula is C46H19F15N4O. The Morgan fingerprint density at radius 1 is 0.333 bits per heavy atom. The number of hydrogen-bond acceptors (Lipinski definition) is 3. The first-order valence-corrected chi connectivity index (χ1v) is 18.8. The maximum Gasteiger partial charge on any atom is 0.200 e. The number of aromatic nitrogens is 4. The zero-order chi connectivity index (χ0) is 47.4. The first-order valence-electron chi connectivity index (χ1n) is 18.8. The zero-order valence-corrected chi connectivity index (χ0v) is 32.5. The van der Waals surface area contributed by atoms with E-state index in [0.717, 1.165) is 36.4 Å². The number of aromatic amines is 2. The van der Waals surface area contributed by atoms with E-state index in [4.69, 9.17) is 0 Å². The van der Waals surface area contributed by atoms with Crippen molar-refractivity contribution in [1.29, 1.82) is 0 Å². The van der Waals surface area contributed by atoms with Gasteiger partial charge < -0.3 is 15.1 Å². The Balaban J connectivity index is 1.55. The molecule has 1 atom stereocenters. The number of benzene rings is 4. The molecule has 5 heterocycles. The normalized spacial score (nSPS) is 12.7. The van der Waals surface area contributed by atoms with Crippen molar-refractivity contribution < 1.29 is 71.0 Å². The lowest BCUT2D eigenvalue weighted by Crippen LogP contribution is -2.06. The summed E-state index contributed by atoms with van der Waals surface area (Å²) in [5.74, 6) is -36.9. The fourth-order valence-corrected chi connectivity index (χ4v) is 7.70. The van der Waals surface area contributed by atoms with E-state index in [0.29, 0.717) is 5.56 Å². The van der Waals surface area contributed by atoms with E-state index in [1.165, 1.54) is 43.3 Å². The highest BCUT2D eigenvalue weighted by atomic mass is 19.2. The van der Waals surface area contributed by atoms with Gasteiger partial charge in [0.1, 0.15) is 0 Å². The minimum Gasteiger partial charge on any atom is -0.389 e. The van der Waals surface area contributed by atoms with Gasteiger partial charge in [-0.15, -0.1) is 0 Å². The second-order valence-electron chi connectivity index (χ2n) is 14.6. The SMILES string of the molecule is C[C@@H](O)c1ccc(-c2c3nc(c(-c4c(F)c(F)c(F)c(F)c4F)c4ccc([nH]4)c(-c4c(F)c(F)c(F)c(F)c4F)c4nc(c(-c5c(F)c(F)c(F)c(F)c5F)c5ccc2[nH]5)C=C4)C=C3)cc1. The summed E-state index contributed by atoms with van der Waals surface area (Å²) in [5, 5.41) is 10.2. The number of H-pyrrole nitrogens is 2. The Hall–Kier alpha value is -7.61. The van der Waals surface area contributed by atoms with Crippen LogP contribution < -0.4 is 0 Å². The molecule has 3 aromatic heterocycles. The summed E-state index contributed by atoms with van der Waals surface area (Å²) in [7, 11) is 0. The molecule has 2 aliphatic heterocycles. The van der Waals surface area contributed by atoms with Gasteiger partial charge in [0, 0.05) is 44.3 Å². The van der Waals surface area contributed by atoms with Crippen molar-refractivity contribution in [2.24, 2.45) is 0 Å². The van der Waals surface area contributed by atoms with Crippen LogP contribution in [0.25, 0.3) is 90.9 Å². The highest BCUT2D eigenvalue weighted by Gasteiger charge is 2.34.